The van der Waals surface area contributed by atoms with Crippen molar-refractivity contribution in [2.24, 2.45) is 5.92 Å². The van der Waals surface area contributed by atoms with E-state index in [4.69, 9.17) is 5.73 Å². The lowest BCUT2D eigenvalue weighted by Gasteiger charge is -2.21. The minimum Gasteiger partial charge on any atom is -0.398 e. The average molecular weight is 280 g/mol. The van der Waals surface area contributed by atoms with E-state index in [1.54, 1.807) is 7.05 Å². The number of nitrogens with two attached hydrogens (primary N) is 1. The van der Waals surface area contributed by atoms with Gasteiger partial charge in [-0.15, -0.1) is 0 Å². The zero-order valence-corrected chi connectivity index (χ0v) is 11.9. The molecule has 1 rings (SSSR count). The lowest BCUT2D eigenvalue weighted by molar-refractivity contribution is -0.384. The number of carbonyl (C=O) groups excluding carboxylic acids is 1. The molecule has 0 aliphatic carbocycles. The van der Waals surface area contributed by atoms with Gasteiger partial charge in [0.1, 0.15) is 0 Å². The summed E-state index contributed by atoms with van der Waals surface area (Å²) in [4.78, 5) is 23.7. The molecule has 1 amide bonds. The van der Waals surface area contributed by atoms with Crippen molar-refractivity contribution in [1.29, 1.82) is 0 Å². The maximum atomic E-state index is 11.5. The van der Waals surface area contributed by atoms with Crippen molar-refractivity contribution in [3.8, 4) is 0 Å². The summed E-state index contributed by atoms with van der Waals surface area (Å²) in [6, 6.07) is 4.38. The van der Waals surface area contributed by atoms with Crippen LogP contribution < -0.4 is 11.1 Å². The Morgan fingerprint density at radius 2 is 2.20 bits per heavy atom. The van der Waals surface area contributed by atoms with Crippen molar-refractivity contribution in [2.75, 3.05) is 26.4 Å². The van der Waals surface area contributed by atoms with Crippen LogP contribution in [0.4, 0.5) is 11.4 Å². The van der Waals surface area contributed by atoms with E-state index in [0.717, 1.165) is 0 Å². The van der Waals surface area contributed by atoms with Gasteiger partial charge in [0.15, 0.2) is 0 Å². The Bertz CT molecular complexity index is 504. The van der Waals surface area contributed by atoms with Gasteiger partial charge in [-0.1, -0.05) is 6.92 Å². The van der Waals surface area contributed by atoms with Crippen LogP contribution in [0.25, 0.3) is 0 Å². The van der Waals surface area contributed by atoms with Gasteiger partial charge >= 0.3 is 0 Å². The molecule has 0 aliphatic heterocycles. The molecule has 0 saturated carbocycles. The Labute approximate surface area is 117 Å². The largest absolute Gasteiger partial charge is 0.398 e. The zero-order chi connectivity index (χ0) is 15.3. The van der Waals surface area contributed by atoms with E-state index < -0.39 is 4.92 Å². The summed E-state index contributed by atoms with van der Waals surface area (Å²) < 4.78 is 0. The fourth-order valence-electron chi connectivity index (χ4n) is 1.99. The quantitative estimate of drug-likeness (QED) is 0.459. The Morgan fingerprint density at radius 1 is 1.55 bits per heavy atom. The van der Waals surface area contributed by atoms with Gasteiger partial charge in [0.05, 0.1) is 4.92 Å². The molecule has 0 spiro atoms. The minimum atomic E-state index is -0.448. The summed E-state index contributed by atoms with van der Waals surface area (Å²) in [5.74, 6) is -0.200. The van der Waals surface area contributed by atoms with Gasteiger partial charge < -0.3 is 16.0 Å². The maximum absolute atomic E-state index is 11.5. The fourth-order valence-corrected chi connectivity index (χ4v) is 1.99. The van der Waals surface area contributed by atoms with Crippen LogP contribution in [0.15, 0.2) is 18.2 Å². The van der Waals surface area contributed by atoms with Crippen LogP contribution in [-0.2, 0) is 11.3 Å². The first-order valence-corrected chi connectivity index (χ1v) is 6.28. The smallest absolute Gasteiger partial charge is 0.269 e. The average Bonchev–Trinajstić information content (AvgIpc) is 2.39. The van der Waals surface area contributed by atoms with Gasteiger partial charge in [-0.3, -0.25) is 14.9 Å². The molecule has 0 aliphatic rings. The van der Waals surface area contributed by atoms with Crippen LogP contribution in [0.3, 0.4) is 0 Å². The Kier molecular flexibility index (Phi) is 5.45. The maximum Gasteiger partial charge on any atom is 0.269 e. The molecule has 0 fully saturated rings. The number of hydrogen-bond donors (Lipinski definition) is 2. The molecule has 20 heavy (non-hydrogen) atoms. The molecule has 1 unspecified atom stereocenters. The molecular weight excluding hydrogens is 260 g/mol. The summed E-state index contributed by atoms with van der Waals surface area (Å²) in [5.41, 5.74) is 7.04. The molecule has 7 nitrogen and oxygen atoms in total. The van der Waals surface area contributed by atoms with Gasteiger partial charge in [0.25, 0.3) is 5.69 Å². The van der Waals surface area contributed by atoms with Gasteiger partial charge in [0, 0.05) is 43.9 Å². The molecule has 1 aromatic carbocycles. The SMILES string of the molecule is CNC(=O)C(C)CN(C)Cc1cc([N+](=O)[O-])ccc1N. The zero-order valence-electron chi connectivity index (χ0n) is 11.9. The van der Waals surface area contributed by atoms with Crippen molar-refractivity contribution in [1.82, 2.24) is 10.2 Å². The second-order valence-corrected chi connectivity index (χ2v) is 4.85. The van der Waals surface area contributed by atoms with Crippen molar-refractivity contribution < 1.29 is 9.72 Å². The number of non-ortho nitro benzene ring substituents is 1. The fraction of sp³-hybridized carbons (Fsp3) is 0.462. The van der Waals surface area contributed by atoms with E-state index in [1.165, 1.54) is 18.2 Å². The van der Waals surface area contributed by atoms with Crippen molar-refractivity contribution in [3.63, 3.8) is 0 Å². The lowest BCUT2D eigenvalue weighted by Crippen LogP contribution is -2.34. The number of nitro groups is 1. The first-order valence-electron chi connectivity index (χ1n) is 6.28. The molecule has 7 heteroatoms. The summed E-state index contributed by atoms with van der Waals surface area (Å²) >= 11 is 0. The number of carbonyl (C=O) groups is 1. The van der Waals surface area contributed by atoms with E-state index in [1.807, 2.05) is 18.9 Å². The summed E-state index contributed by atoms with van der Waals surface area (Å²) in [6.45, 7) is 2.82. The summed E-state index contributed by atoms with van der Waals surface area (Å²) in [6.07, 6.45) is 0. The number of anilines is 1. The first-order chi connectivity index (χ1) is 9.35. The number of nitro benzene ring substituents is 1. The number of nitrogens with zero attached hydrogens (tertiary/aromatic N) is 2. The number of hydrogen-bond acceptors (Lipinski definition) is 5. The van der Waals surface area contributed by atoms with Gasteiger partial charge in [-0.05, 0) is 18.7 Å². The molecule has 0 radical (unpaired) electrons. The monoisotopic (exact) mass is 280 g/mol. The highest BCUT2D eigenvalue weighted by Crippen LogP contribution is 2.21. The third-order valence-electron chi connectivity index (χ3n) is 3.06. The highest BCUT2D eigenvalue weighted by Gasteiger charge is 2.15. The predicted molar refractivity (Wildman–Crippen MR) is 77.1 cm³/mol. The molecule has 0 aromatic heterocycles. The predicted octanol–water partition coefficient (Wildman–Crippen LogP) is 0.991. The molecule has 0 saturated heterocycles. The van der Waals surface area contributed by atoms with Crippen LogP contribution in [0.2, 0.25) is 0 Å². The third-order valence-corrected chi connectivity index (χ3v) is 3.06. The summed E-state index contributed by atoms with van der Waals surface area (Å²) in [7, 11) is 3.44. The van der Waals surface area contributed by atoms with E-state index >= 15 is 0 Å². The lowest BCUT2D eigenvalue weighted by atomic mass is 10.1. The summed E-state index contributed by atoms with van der Waals surface area (Å²) in [5, 5.41) is 13.3. The standard InChI is InChI=1S/C13H20N4O3/c1-9(13(18)15-2)7-16(3)8-10-6-11(17(19)20)4-5-12(10)14/h4-6,9H,7-8,14H2,1-3H3,(H,15,18). The van der Waals surface area contributed by atoms with Gasteiger partial charge in [0.2, 0.25) is 5.91 Å². The Hall–Kier alpha value is -2.15. The van der Waals surface area contributed by atoms with Crippen molar-refractivity contribution >= 4 is 17.3 Å². The third kappa shape index (κ3) is 4.20. The second-order valence-electron chi connectivity index (χ2n) is 4.85. The highest BCUT2D eigenvalue weighted by atomic mass is 16.6. The number of amides is 1. The Balaban J connectivity index is 2.75. The van der Waals surface area contributed by atoms with E-state index in [0.29, 0.717) is 24.3 Å². The number of rotatable bonds is 6. The topological polar surface area (TPSA) is 102 Å². The number of nitrogen functional groups attached to an aromatic ring is 1. The number of nitrogens with one attached hydrogen (secondary N) is 1. The van der Waals surface area contributed by atoms with E-state index in [2.05, 4.69) is 5.32 Å². The van der Waals surface area contributed by atoms with E-state index in [-0.39, 0.29) is 17.5 Å². The van der Waals surface area contributed by atoms with Crippen LogP contribution in [-0.4, -0.2) is 36.4 Å². The van der Waals surface area contributed by atoms with E-state index in [9.17, 15) is 14.9 Å². The van der Waals surface area contributed by atoms with Crippen LogP contribution in [0, 0.1) is 16.0 Å². The molecule has 110 valence electrons. The molecule has 1 atom stereocenters. The highest BCUT2D eigenvalue weighted by molar-refractivity contribution is 5.78. The van der Waals surface area contributed by atoms with Crippen LogP contribution in [0.5, 0.6) is 0 Å². The number of benzene rings is 1. The van der Waals surface area contributed by atoms with Gasteiger partial charge in [-0.2, -0.15) is 0 Å². The van der Waals surface area contributed by atoms with Crippen molar-refractivity contribution in [3.05, 3.63) is 33.9 Å². The molecule has 3 N–H and O–H groups in total. The minimum absolute atomic E-state index is 0.0157. The Morgan fingerprint density at radius 3 is 2.75 bits per heavy atom. The van der Waals surface area contributed by atoms with Crippen LogP contribution in [0.1, 0.15) is 12.5 Å². The van der Waals surface area contributed by atoms with Gasteiger partial charge in [-0.25, -0.2) is 0 Å². The molecular formula is C13H20N4O3. The molecule has 1 aromatic rings. The van der Waals surface area contributed by atoms with Crippen molar-refractivity contribution in [2.45, 2.75) is 13.5 Å². The second kappa shape index (κ2) is 6.85. The first kappa shape index (κ1) is 15.9. The molecule has 0 heterocycles. The normalized spacial score (nSPS) is 12.2. The van der Waals surface area contributed by atoms with Crippen LogP contribution >= 0.6 is 0 Å². The molecule has 0 bridgehead atoms.